The molecule has 4 nitrogen and oxygen atoms in total. The van der Waals surface area contributed by atoms with Crippen molar-refractivity contribution in [1.29, 1.82) is 0 Å². The lowest BCUT2D eigenvalue weighted by Gasteiger charge is -2.34. The zero-order valence-electron chi connectivity index (χ0n) is 12.4. The van der Waals surface area contributed by atoms with Crippen LogP contribution in [0.1, 0.15) is 40.5 Å². The number of likely N-dealkylation sites (tertiary alicyclic amines) is 1. The molecule has 0 aromatic carbocycles. The number of hydrogen-bond acceptors (Lipinski definition) is 3. The quantitative estimate of drug-likeness (QED) is 0.832. The number of rotatable bonds is 4. The molecule has 0 aromatic heterocycles. The molecular weight excluding hydrogens is 285 g/mol. The highest BCUT2D eigenvalue weighted by Crippen LogP contribution is 2.12. The summed E-state index contributed by atoms with van der Waals surface area (Å²) in [4.78, 5) is 14.2. The fourth-order valence-electron chi connectivity index (χ4n) is 2.15. The number of piperidine rings is 1. The predicted molar refractivity (Wildman–Crippen MR) is 85.2 cm³/mol. The van der Waals surface area contributed by atoms with E-state index in [0.717, 1.165) is 32.5 Å². The highest BCUT2D eigenvalue weighted by Gasteiger charge is 2.26. The molecule has 1 amide bonds. The van der Waals surface area contributed by atoms with Gasteiger partial charge < -0.3 is 16.0 Å². The van der Waals surface area contributed by atoms with Gasteiger partial charge >= 0.3 is 0 Å². The fourth-order valence-corrected chi connectivity index (χ4v) is 2.15. The van der Waals surface area contributed by atoms with Gasteiger partial charge in [-0.1, -0.05) is 13.8 Å². The maximum atomic E-state index is 11.7. The average Bonchev–Trinajstić information content (AvgIpc) is 2.18. The Morgan fingerprint density at radius 1 is 1.32 bits per heavy atom. The first kappa shape index (κ1) is 21.3. The monoisotopic (exact) mass is 313 g/mol. The van der Waals surface area contributed by atoms with Crippen LogP contribution in [0.15, 0.2) is 0 Å². The van der Waals surface area contributed by atoms with E-state index in [1.165, 1.54) is 0 Å². The Hall–Kier alpha value is -0.0300. The Bertz CT molecular complexity index is 259. The minimum absolute atomic E-state index is 0. The summed E-state index contributed by atoms with van der Waals surface area (Å²) < 4.78 is 0. The van der Waals surface area contributed by atoms with Crippen molar-refractivity contribution in [1.82, 2.24) is 10.2 Å². The van der Waals surface area contributed by atoms with Gasteiger partial charge in [0.2, 0.25) is 5.91 Å². The van der Waals surface area contributed by atoms with Crippen LogP contribution in [-0.2, 0) is 4.79 Å². The Balaban J connectivity index is 0. The van der Waals surface area contributed by atoms with Crippen LogP contribution in [-0.4, -0.2) is 42.0 Å². The van der Waals surface area contributed by atoms with Gasteiger partial charge in [-0.05, 0) is 32.6 Å². The average molecular weight is 314 g/mol. The molecule has 3 N–H and O–H groups in total. The number of amides is 1. The molecule has 0 unspecified atom stereocenters. The van der Waals surface area contributed by atoms with Gasteiger partial charge in [0, 0.05) is 25.7 Å². The van der Waals surface area contributed by atoms with Crippen molar-refractivity contribution in [3.8, 4) is 0 Å². The van der Waals surface area contributed by atoms with Crippen molar-refractivity contribution in [2.75, 3.05) is 19.6 Å². The number of hydrogen-bond donors (Lipinski definition) is 2. The van der Waals surface area contributed by atoms with Gasteiger partial charge in [-0.3, -0.25) is 4.79 Å². The van der Waals surface area contributed by atoms with Gasteiger partial charge in [-0.2, -0.15) is 0 Å². The predicted octanol–water partition coefficient (Wildman–Crippen LogP) is 1.80. The third kappa shape index (κ3) is 7.98. The minimum Gasteiger partial charge on any atom is -0.352 e. The Kier molecular flexibility index (Phi) is 10.1. The zero-order valence-corrected chi connectivity index (χ0v) is 14.1. The molecule has 0 aromatic rings. The van der Waals surface area contributed by atoms with Gasteiger partial charge in [0.1, 0.15) is 0 Å². The lowest BCUT2D eigenvalue weighted by molar-refractivity contribution is -0.126. The molecule has 6 heteroatoms. The Morgan fingerprint density at radius 3 is 2.16 bits per heavy atom. The van der Waals surface area contributed by atoms with E-state index >= 15 is 0 Å². The van der Waals surface area contributed by atoms with Crippen LogP contribution in [0, 0.1) is 5.92 Å². The molecule has 0 atom stereocenters. The summed E-state index contributed by atoms with van der Waals surface area (Å²) in [5.74, 6) is 0.670. The van der Waals surface area contributed by atoms with Crippen molar-refractivity contribution < 1.29 is 4.79 Å². The largest absolute Gasteiger partial charge is 0.352 e. The molecule has 1 aliphatic heterocycles. The summed E-state index contributed by atoms with van der Waals surface area (Å²) in [6.45, 7) is 11.3. The van der Waals surface area contributed by atoms with Gasteiger partial charge in [0.05, 0.1) is 5.54 Å². The topological polar surface area (TPSA) is 58.4 Å². The first-order chi connectivity index (χ1) is 7.79. The van der Waals surface area contributed by atoms with Crippen LogP contribution in [0.4, 0.5) is 0 Å². The van der Waals surface area contributed by atoms with Crippen molar-refractivity contribution in [3.05, 3.63) is 0 Å². The molecule has 1 saturated heterocycles. The standard InChI is InChI=1S/C13H27N3O.2ClH/c1-10(2)9-16-7-5-11(6-8-16)15-12(17)13(3,4)14;;/h10-11H,5-9,14H2,1-4H3,(H,15,17);2*1H. The molecule has 0 radical (unpaired) electrons. The molecule has 1 rings (SSSR count). The molecular formula is C13H29Cl2N3O. The van der Waals surface area contributed by atoms with Crippen LogP contribution in [0.25, 0.3) is 0 Å². The maximum Gasteiger partial charge on any atom is 0.239 e. The number of nitrogens with zero attached hydrogens (tertiary/aromatic N) is 1. The van der Waals surface area contributed by atoms with Crippen molar-refractivity contribution >= 4 is 30.7 Å². The van der Waals surface area contributed by atoms with E-state index in [-0.39, 0.29) is 30.7 Å². The second-order valence-corrected chi connectivity index (χ2v) is 6.16. The van der Waals surface area contributed by atoms with Crippen molar-refractivity contribution in [2.45, 2.75) is 52.1 Å². The molecule has 116 valence electrons. The van der Waals surface area contributed by atoms with Gasteiger partial charge in [0.25, 0.3) is 0 Å². The maximum absolute atomic E-state index is 11.7. The lowest BCUT2D eigenvalue weighted by atomic mass is 10.0. The number of nitrogens with two attached hydrogens (primary N) is 1. The van der Waals surface area contributed by atoms with E-state index in [0.29, 0.717) is 12.0 Å². The third-order valence-corrected chi connectivity index (χ3v) is 3.13. The van der Waals surface area contributed by atoms with Crippen molar-refractivity contribution in [2.24, 2.45) is 11.7 Å². The summed E-state index contributed by atoms with van der Waals surface area (Å²) in [7, 11) is 0. The molecule has 0 spiro atoms. The van der Waals surface area contributed by atoms with Crippen LogP contribution in [0.3, 0.4) is 0 Å². The van der Waals surface area contributed by atoms with Crippen LogP contribution < -0.4 is 11.1 Å². The van der Waals surface area contributed by atoms with E-state index in [1.807, 2.05) is 0 Å². The Morgan fingerprint density at radius 2 is 1.79 bits per heavy atom. The van der Waals surface area contributed by atoms with Crippen LogP contribution in [0.5, 0.6) is 0 Å². The highest BCUT2D eigenvalue weighted by atomic mass is 35.5. The van der Waals surface area contributed by atoms with Gasteiger partial charge in [0.15, 0.2) is 0 Å². The molecule has 1 heterocycles. The highest BCUT2D eigenvalue weighted by molar-refractivity contribution is 5.86. The molecule has 1 fully saturated rings. The Labute approximate surface area is 129 Å². The SMILES string of the molecule is CC(C)CN1CCC(NC(=O)C(C)(C)N)CC1.Cl.Cl. The number of carbonyl (C=O) groups is 1. The first-order valence-electron chi connectivity index (χ1n) is 6.61. The van der Waals surface area contributed by atoms with E-state index in [1.54, 1.807) is 13.8 Å². The third-order valence-electron chi connectivity index (χ3n) is 3.13. The van der Waals surface area contributed by atoms with E-state index < -0.39 is 5.54 Å². The van der Waals surface area contributed by atoms with E-state index in [2.05, 4.69) is 24.1 Å². The summed E-state index contributed by atoms with van der Waals surface area (Å²) in [5.41, 5.74) is 5.00. The summed E-state index contributed by atoms with van der Waals surface area (Å²) in [6, 6.07) is 0.300. The number of halogens is 2. The summed E-state index contributed by atoms with van der Waals surface area (Å²) >= 11 is 0. The lowest BCUT2D eigenvalue weighted by Crippen LogP contribution is -2.54. The number of carbonyl (C=O) groups excluding carboxylic acids is 1. The summed E-state index contributed by atoms with van der Waals surface area (Å²) in [6.07, 6.45) is 2.07. The first-order valence-corrected chi connectivity index (χ1v) is 6.61. The van der Waals surface area contributed by atoms with E-state index in [9.17, 15) is 4.79 Å². The molecule has 0 aliphatic carbocycles. The van der Waals surface area contributed by atoms with Gasteiger partial charge in [-0.25, -0.2) is 0 Å². The fraction of sp³-hybridized carbons (Fsp3) is 0.923. The molecule has 1 aliphatic rings. The number of nitrogens with one attached hydrogen (secondary N) is 1. The molecule has 0 bridgehead atoms. The van der Waals surface area contributed by atoms with E-state index in [4.69, 9.17) is 5.73 Å². The normalized spacial score (nSPS) is 17.6. The smallest absolute Gasteiger partial charge is 0.239 e. The minimum atomic E-state index is -0.769. The zero-order chi connectivity index (χ0) is 13.1. The van der Waals surface area contributed by atoms with Gasteiger partial charge in [-0.15, -0.1) is 24.8 Å². The molecule has 19 heavy (non-hydrogen) atoms. The second kappa shape index (κ2) is 9.01. The van der Waals surface area contributed by atoms with Crippen LogP contribution >= 0.6 is 24.8 Å². The van der Waals surface area contributed by atoms with Crippen LogP contribution in [0.2, 0.25) is 0 Å². The second-order valence-electron chi connectivity index (χ2n) is 6.16. The van der Waals surface area contributed by atoms with Crippen molar-refractivity contribution in [3.63, 3.8) is 0 Å². The molecule has 0 saturated carbocycles. The summed E-state index contributed by atoms with van der Waals surface area (Å²) in [5, 5.41) is 3.04.